The molecule has 2 unspecified atom stereocenters. The molecule has 0 saturated heterocycles. The van der Waals surface area contributed by atoms with Crippen LogP contribution in [0.3, 0.4) is 0 Å². The van der Waals surface area contributed by atoms with E-state index in [0.717, 1.165) is 18.7 Å². The minimum Gasteiger partial charge on any atom is -0.496 e. The molecule has 112 valence electrons. The molecule has 1 N–H and O–H groups in total. The summed E-state index contributed by atoms with van der Waals surface area (Å²) in [5.41, 5.74) is 2.57. The van der Waals surface area contributed by atoms with E-state index in [4.69, 9.17) is 4.74 Å². The third-order valence-corrected chi connectivity index (χ3v) is 3.91. The van der Waals surface area contributed by atoms with E-state index in [2.05, 4.69) is 61.6 Å². The molecule has 0 aromatic heterocycles. The van der Waals surface area contributed by atoms with Crippen molar-refractivity contribution in [2.45, 2.75) is 32.2 Å². The Labute approximate surface area is 128 Å². The topological polar surface area (TPSA) is 21.3 Å². The van der Waals surface area contributed by atoms with Gasteiger partial charge in [-0.15, -0.1) is 0 Å². The van der Waals surface area contributed by atoms with Crippen LogP contribution >= 0.6 is 0 Å². The van der Waals surface area contributed by atoms with E-state index in [9.17, 15) is 0 Å². The third kappa shape index (κ3) is 3.85. The number of benzene rings is 2. The summed E-state index contributed by atoms with van der Waals surface area (Å²) in [6.07, 6.45) is 1.12. The van der Waals surface area contributed by atoms with Gasteiger partial charge in [-0.3, -0.25) is 0 Å². The molecule has 0 heterocycles. The zero-order valence-corrected chi connectivity index (χ0v) is 13.2. The summed E-state index contributed by atoms with van der Waals surface area (Å²) >= 11 is 0. The summed E-state index contributed by atoms with van der Waals surface area (Å²) in [7, 11) is 1.74. The highest BCUT2D eigenvalue weighted by Crippen LogP contribution is 2.35. The highest BCUT2D eigenvalue weighted by molar-refractivity contribution is 5.38. The number of nitrogens with one attached hydrogen (secondary N) is 1. The van der Waals surface area contributed by atoms with E-state index in [1.807, 2.05) is 12.1 Å². The van der Waals surface area contributed by atoms with Crippen molar-refractivity contribution in [1.29, 1.82) is 0 Å². The Morgan fingerprint density at radius 2 is 1.67 bits per heavy atom. The van der Waals surface area contributed by atoms with Gasteiger partial charge in [0.15, 0.2) is 0 Å². The summed E-state index contributed by atoms with van der Waals surface area (Å²) in [5, 5.41) is 3.68. The first-order valence-electron chi connectivity index (χ1n) is 7.69. The van der Waals surface area contributed by atoms with Crippen LogP contribution in [0, 0.1) is 0 Å². The van der Waals surface area contributed by atoms with E-state index >= 15 is 0 Å². The van der Waals surface area contributed by atoms with Gasteiger partial charge in [-0.1, -0.05) is 62.4 Å². The van der Waals surface area contributed by atoms with Crippen molar-refractivity contribution in [2.75, 3.05) is 13.7 Å². The molecule has 2 atom stereocenters. The fourth-order valence-corrected chi connectivity index (χ4v) is 2.73. The summed E-state index contributed by atoms with van der Waals surface area (Å²) < 4.78 is 5.55. The Morgan fingerprint density at radius 1 is 1.00 bits per heavy atom. The zero-order chi connectivity index (χ0) is 15.1. The first-order valence-corrected chi connectivity index (χ1v) is 7.69. The molecule has 0 fully saturated rings. The van der Waals surface area contributed by atoms with Gasteiger partial charge in [-0.25, -0.2) is 0 Å². The van der Waals surface area contributed by atoms with Gasteiger partial charge in [0.1, 0.15) is 5.75 Å². The van der Waals surface area contributed by atoms with E-state index in [-0.39, 0.29) is 6.04 Å². The van der Waals surface area contributed by atoms with Crippen LogP contribution in [-0.2, 0) is 0 Å². The summed E-state index contributed by atoms with van der Waals surface area (Å²) in [6.45, 7) is 5.47. The van der Waals surface area contributed by atoms with Gasteiger partial charge in [0.05, 0.1) is 7.11 Å². The van der Waals surface area contributed by atoms with Crippen LogP contribution in [0.2, 0.25) is 0 Å². The number of methoxy groups -OCH3 is 1. The average molecular weight is 283 g/mol. The predicted molar refractivity (Wildman–Crippen MR) is 88.9 cm³/mol. The molecule has 0 spiro atoms. The highest BCUT2D eigenvalue weighted by atomic mass is 16.5. The minimum absolute atomic E-state index is 0.253. The molecule has 2 rings (SSSR count). The second kappa shape index (κ2) is 7.84. The number of ether oxygens (including phenoxy) is 1. The Morgan fingerprint density at radius 3 is 2.33 bits per heavy atom. The zero-order valence-electron chi connectivity index (χ0n) is 13.2. The fourth-order valence-electron chi connectivity index (χ4n) is 2.73. The lowest BCUT2D eigenvalue weighted by Gasteiger charge is -2.27. The van der Waals surface area contributed by atoms with E-state index in [1.165, 1.54) is 11.1 Å². The average Bonchev–Trinajstić information content (AvgIpc) is 2.56. The van der Waals surface area contributed by atoms with E-state index in [1.54, 1.807) is 7.11 Å². The SMILES string of the molecule is CCCNC(c1ccccc1OC)C(C)c1ccccc1. The predicted octanol–water partition coefficient (Wildman–Crippen LogP) is 4.54. The quantitative estimate of drug-likeness (QED) is 0.805. The Balaban J connectivity index is 2.33. The molecule has 2 aromatic rings. The summed E-state index contributed by atoms with van der Waals surface area (Å²) in [5.74, 6) is 1.34. The van der Waals surface area contributed by atoms with Gasteiger partial charge in [0.2, 0.25) is 0 Å². The van der Waals surface area contributed by atoms with Crippen LogP contribution in [0.1, 0.15) is 43.4 Å². The van der Waals surface area contributed by atoms with Gasteiger partial charge in [0.25, 0.3) is 0 Å². The molecule has 0 saturated carbocycles. The normalized spacial score (nSPS) is 13.7. The van der Waals surface area contributed by atoms with Crippen molar-refractivity contribution in [1.82, 2.24) is 5.32 Å². The van der Waals surface area contributed by atoms with Crippen LogP contribution in [0.5, 0.6) is 5.75 Å². The molecule has 0 amide bonds. The number of hydrogen-bond donors (Lipinski definition) is 1. The van der Waals surface area contributed by atoms with Gasteiger partial charge in [-0.05, 0) is 24.6 Å². The lowest BCUT2D eigenvalue weighted by molar-refractivity contribution is 0.388. The fraction of sp³-hybridized carbons (Fsp3) is 0.368. The molecule has 2 heteroatoms. The maximum Gasteiger partial charge on any atom is 0.123 e. The van der Waals surface area contributed by atoms with Gasteiger partial charge in [-0.2, -0.15) is 0 Å². The standard InChI is InChI=1S/C19H25NO/c1-4-14-20-19(15(2)16-10-6-5-7-11-16)17-12-8-9-13-18(17)21-3/h5-13,15,19-20H,4,14H2,1-3H3. The number of para-hydroxylation sites is 1. The third-order valence-electron chi connectivity index (χ3n) is 3.91. The van der Waals surface area contributed by atoms with Gasteiger partial charge < -0.3 is 10.1 Å². The summed E-state index contributed by atoms with van der Waals surface area (Å²) in [4.78, 5) is 0. The Bertz CT molecular complexity index is 538. The van der Waals surface area contributed by atoms with Crippen molar-refractivity contribution in [3.05, 3.63) is 65.7 Å². The van der Waals surface area contributed by atoms with Gasteiger partial charge >= 0.3 is 0 Å². The van der Waals surface area contributed by atoms with Crippen molar-refractivity contribution in [2.24, 2.45) is 0 Å². The first kappa shape index (κ1) is 15.6. The van der Waals surface area contributed by atoms with Gasteiger partial charge in [0, 0.05) is 17.5 Å². The molecule has 0 aliphatic heterocycles. The smallest absolute Gasteiger partial charge is 0.123 e. The molecular weight excluding hydrogens is 258 g/mol. The van der Waals surface area contributed by atoms with Crippen LogP contribution in [0.25, 0.3) is 0 Å². The number of hydrogen-bond acceptors (Lipinski definition) is 2. The van der Waals surface area contributed by atoms with E-state index < -0.39 is 0 Å². The van der Waals surface area contributed by atoms with Crippen LogP contribution < -0.4 is 10.1 Å². The maximum atomic E-state index is 5.55. The second-order valence-corrected chi connectivity index (χ2v) is 5.37. The summed E-state index contributed by atoms with van der Waals surface area (Å²) in [6, 6.07) is 19.2. The molecule has 2 aromatic carbocycles. The van der Waals surface area contributed by atoms with Crippen molar-refractivity contribution < 1.29 is 4.74 Å². The van der Waals surface area contributed by atoms with Crippen LogP contribution in [0.4, 0.5) is 0 Å². The molecule has 0 aliphatic carbocycles. The molecule has 0 radical (unpaired) electrons. The monoisotopic (exact) mass is 283 g/mol. The molecular formula is C19H25NO. The molecule has 0 bridgehead atoms. The molecule has 21 heavy (non-hydrogen) atoms. The second-order valence-electron chi connectivity index (χ2n) is 5.37. The molecule has 0 aliphatic rings. The van der Waals surface area contributed by atoms with E-state index in [0.29, 0.717) is 5.92 Å². The van der Waals surface area contributed by atoms with Crippen molar-refractivity contribution in [3.8, 4) is 5.75 Å². The minimum atomic E-state index is 0.253. The van der Waals surface area contributed by atoms with Crippen molar-refractivity contribution >= 4 is 0 Å². The van der Waals surface area contributed by atoms with Crippen LogP contribution in [-0.4, -0.2) is 13.7 Å². The molecule has 2 nitrogen and oxygen atoms in total. The Kier molecular flexibility index (Phi) is 5.82. The maximum absolute atomic E-state index is 5.55. The highest BCUT2D eigenvalue weighted by Gasteiger charge is 2.22. The Hall–Kier alpha value is -1.80. The van der Waals surface area contributed by atoms with Crippen LogP contribution in [0.15, 0.2) is 54.6 Å². The largest absolute Gasteiger partial charge is 0.496 e. The van der Waals surface area contributed by atoms with Crippen molar-refractivity contribution in [3.63, 3.8) is 0 Å². The lowest BCUT2D eigenvalue weighted by atomic mass is 9.88. The number of rotatable bonds is 7. The lowest BCUT2D eigenvalue weighted by Crippen LogP contribution is -2.27. The first-order chi connectivity index (χ1) is 10.3.